The van der Waals surface area contributed by atoms with E-state index in [1.54, 1.807) is 18.3 Å². The molecule has 1 aliphatic rings. The monoisotopic (exact) mass is 280 g/mol. The van der Waals surface area contributed by atoms with E-state index in [9.17, 15) is 9.59 Å². The average Bonchev–Trinajstić information content (AvgIpc) is 2.98. The highest BCUT2D eigenvalue weighted by atomic mass is 32.2. The summed E-state index contributed by atoms with van der Waals surface area (Å²) >= 11 is 1.35. The minimum absolute atomic E-state index is 0.132. The Labute approximate surface area is 116 Å². The SMILES string of the molecule is COC(=O)c1ccnc(SCC(=O)N2CCCC2)c1. The normalized spacial score (nSPS) is 14.5. The van der Waals surface area contributed by atoms with Crippen LogP contribution >= 0.6 is 11.8 Å². The first kappa shape index (κ1) is 13.9. The smallest absolute Gasteiger partial charge is 0.337 e. The van der Waals surface area contributed by atoms with Crippen molar-refractivity contribution in [3.63, 3.8) is 0 Å². The van der Waals surface area contributed by atoms with Crippen LogP contribution in [0.2, 0.25) is 0 Å². The predicted molar refractivity (Wildman–Crippen MR) is 72.1 cm³/mol. The van der Waals surface area contributed by atoms with Crippen LogP contribution in [0.25, 0.3) is 0 Å². The molecule has 0 N–H and O–H groups in total. The molecule has 19 heavy (non-hydrogen) atoms. The van der Waals surface area contributed by atoms with Crippen molar-refractivity contribution in [2.75, 3.05) is 26.0 Å². The first-order valence-corrected chi connectivity index (χ1v) is 7.14. The third-order valence-electron chi connectivity index (χ3n) is 2.96. The average molecular weight is 280 g/mol. The minimum Gasteiger partial charge on any atom is -0.465 e. The molecule has 0 bridgehead atoms. The van der Waals surface area contributed by atoms with Crippen molar-refractivity contribution < 1.29 is 14.3 Å². The van der Waals surface area contributed by atoms with Crippen molar-refractivity contribution in [1.29, 1.82) is 0 Å². The number of methoxy groups -OCH3 is 1. The van der Waals surface area contributed by atoms with Gasteiger partial charge in [-0.15, -0.1) is 0 Å². The molecule has 102 valence electrons. The molecule has 0 spiro atoms. The Morgan fingerprint density at radius 2 is 2.16 bits per heavy atom. The Kier molecular flexibility index (Phi) is 4.79. The number of pyridine rings is 1. The van der Waals surface area contributed by atoms with Crippen LogP contribution in [0.3, 0.4) is 0 Å². The molecule has 1 aromatic rings. The number of esters is 1. The Balaban J connectivity index is 1.92. The molecule has 1 amide bonds. The molecule has 6 heteroatoms. The summed E-state index contributed by atoms with van der Waals surface area (Å²) in [7, 11) is 1.34. The van der Waals surface area contributed by atoms with Crippen LogP contribution in [0, 0.1) is 0 Å². The van der Waals surface area contributed by atoms with E-state index in [-0.39, 0.29) is 5.91 Å². The lowest BCUT2D eigenvalue weighted by molar-refractivity contribution is -0.127. The van der Waals surface area contributed by atoms with E-state index in [1.165, 1.54) is 18.9 Å². The number of carbonyl (C=O) groups excluding carboxylic acids is 2. The minimum atomic E-state index is -0.393. The van der Waals surface area contributed by atoms with Gasteiger partial charge in [0.15, 0.2) is 0 Å². The summed E-state index contributed by atoms with van der Waals surface area (Å²) in [5.41, 5.74) is 0.452. The van der Waals surface area contributed by atoms with Gasteiger partial charge in [0, 0.05) is 19.3 Å². The standard InChI is InChI=1S/C13H16N2O3S/c1-18-13(17)10-4-5-14-11(8-10)19-9-12(16)15-6-2-3-7-15/h4-5,8H,2-3,6-7,9H2,1H3. The van der Waals surface area contributed by atoms with Gasteiger partial charge in [-0.25, -0.2) is 9.78 Å². The molecule has 2 heterocycles. The van der Waals surface area contributed by atoms with Crippen LogP contribution < -0.4 is 0 Å². The molecule has 0 radical (unpaired) electrons. The highest BCUT2D eigenvalue weighted by Crippen LogP contribution is 2.18. The van der Waals surface area contributed by atoms with E-state index in [0.717, 1.165) is 25.9 Å². The number of hydrogen-bond acceptors (Lipinski definition) is 5. The maximum atomic E-state index is 11.9. The molecule has 1 aromatic heterocycles. The first-order valence-electron chi connectivity index (χ1n) is 6.15. The topological polar surface area (TPSA) is 59.5 Å². The fourth-order valence-electron chi connectivity index (χ4n) is 1.93. The van der Waals surface area contributed by atoms with E-state index in [1.807, 2.05) is 4.90 Å². The van der Waals surface area contributed by atoms with Gasteiger partial charge in [-0.05, 0) is 25.0 Å². The zero-order valence-electron chi connectivity index (χ0n) is 10.8. The lowest BCUT2D eigenvalue weighted by Gasteiger charge is -2.14. The number of nitrogens with zero attached hydrogens (tertiary/aromatic N) is 2. The quantitative estimate of drug-likeness (QED) is 0.619. The van der Waals surface area contributed by atoms with Crippen molar-refractivity contribution in [3.05, 3.63) is 23.9 Å². The molecule has 0 unspecified atom stereocenters. The van der Waals surface area contributed by atoms with Crippen molar-refractivity contribution >= 4 is 23.6 Å². The van der Waals surface area contributed by atoms with E-state index in [0.29, 0.717) is 16.3 Å². The lowest BCUT2D eigenvalue weighted by atomic mass is 10.3. The summed E-state index contributed by atoms with van der Waals surface area (Å²) in [5.74, 6) is 0.0975. The van der Waals surface area contributed by atoms with Crippen LogP contribution in [0.15, 0.2) is 23.4 Å². The van der Waals surface area contributed by atoms with Gasteiger partial charge >= 0.3 is 5.97 Å². The molecule has 5 nitrogen and oxygen atoms in total. The Bertz CT molecular complexity index is 473. The molecule has 2 rings (SSSR count). The zero-order chi connectivity index (χ0) is 13.7. The second kappa shape index (κ2) is 6.56. The van der Waals surface area contributed by atoms with Gasteiger partial charge in [-0.3, -0.25) is 4.79 Å². The molecular weight excluding hydrogens is 264 g/mol. The van der Waals surface area contributed by atoms with Crippen molar-refractivity contribution in [2.24, 2.45) is 0 Å². The van der Waals surface area contributed by atoms with Gasteiger partial charge in [0.05, 0.1) is 23.5 Å². The maximum absolute atomic E-state index is 11.9. The van der Waals surface area contributed by atoms with Gasteiger partial charge in [-0.2, -0.15) is 0 Å². The number of rotatable bonds is 4. The molecule has 0 saturated carbocycles. The third-order valence-corrected chi connectivity index (χ3v) is 3.87. The van der Waals surface area contributed by atoms with Crippen LogP contribution in [0.5, 0.6) is 0 Å². The van der Waals surface area contributed by atoms with E-state index >= 15 is 0 Å². The fourth-order valence-corrected chi connectivity index (χ4v) is 2.73. The fraction of sp³-hybridized carbons (Fsp3) is 0.462. The number of hydrogen-bond donors (Lipinski definition) is 0. The van der Waals surface area contributed by atoms with Crippen LogP contribution in [-0.2, 0) is 9.53 Å². The molecule has 0 aromatic carbocycles. The van der Waals surface area contributed by atoms with E-state index in [2.05, 4.69) is 9.72 Å². The van der Waals surface area contributed by atoms with Gasteiger partial charge in [0.1, 0.15) is 0 Å². The van der Waals surface area contributed by atoms with Gasteiger partial charge in [0.2, 0.25) is 5.91 Å². The number of aromatic nitrogens is 1. The molecular formula is C13H16N2O3S. The van der Waals surface area contributed by atoms with E-state index in [4.69, 9.17) is 0 Å². The largest absolute Gasteiger partial charge is 0.465 e. The van der Waals surface area contributed by atoms with Crippen LogP contribution in [-0.4, -0.2) is 47.7 Å². The Morgan fingerprint density at radius 1 is 1.42 bits per heavy atom. The molecule has 1 saturated heterocycles. The highest BCUT2D eigenvalue weighted by Gasteiger charge is 2.18. The Morgan fingerprint density at radius 3 is 2.84 bits per heavy atom. The predicted octanol–water partition coefficient (Wildman–Crippen LogP) is 1.58. The summed E-state index contributed by atoms with van der Waals surface area (Å²) < 4.78 is 4.65. The second-order valence-corrected chi connectivity index (χ2v) is 5.25. The number of amides is 1. The lowest BCUT2D eigenvalue weighted by Crippen LogP contribution is -2.29. The first-order chi connectivity index (χ1) is 9.20. The summed E-state index contributed by atoms with van der Waals surface area (Å²) in [6, 6.07) is 3.24. The highest BCUT2D eigenvalue weighted by molar-refractivity contribution is 7.99. The summed E-state index contributed by atoms with van der Waals surface area (Å²) in [6.07, 6.45) is 3.73. The van der Waals surface area contributed by atoms with Crippen molar-refractivity contribution in [1.82, 2.24) is 9.88 Å². The van der Waals surface area contributed by atoms with Gasteiger partial charge < -0.3 is 9.64 Å². The number of likely N-dealkylation sites (tertiary alicyclic amines) is 1. The van der Waals surface area contributed by atoms with Gasteiger partial charge in [-0.1, -0.05) is 11.8 Å². The molecule has 1 fully saturated rings. The molecule has 1 aliphatic heterocycles. The van der Waals surface area contributed by atoms with Gasteiger partial charge in [0.25, 0.3) is 0 Å². The van der Waals surface area contributed by atoms with Crippen LogP contribution in [0.4, 0.5) is 0 Å². The number of thioether (sulfide) groups is 1. The molecule has 0 aliphatic carbocycles. The Hall–Kier alpha value is -1.56. The molecule has 0 atom stereocenters. The summed E-state index contributed by atoms with van der Waals surface area (Å²) in [6.45, 7) is 1.71. The van der Waals surface area contributed by atoms with E-state index < -0.39 is 5.97 Å². The second-order valence-electron chi connectivity index (χ2n) is 4.25. The maximum Gasteiger partial charge on any atom is 0.337 e. The van der Waals surface area contributed by atoms with Crippen LogP contribution in [0.1, 0.15) is 23.2 Å². The third kappa shape index (κ3) is 3.70. The number of ether oxygens (including phenoxy) is 1. The number of carbonyl (C=O) groups is 2. The summed E-state index contributed by atoms with van der Waals surface area (Å²) in [5, 5.41) is 0.662. The van der Waals surface area contributed by atoms with Crippen molar-refractivity contribution in [2.45, 2.75) is 17.9 Å². The van der Waals surface area contributed by atoms with Crippen molar-refractivity contribution in [3.8, 4) is 0 Å². The zero-order valence-corrected chi connectivity index (χ0v) is 11.6. The summed E-state index contributed by atoms with van der Waals surface area (Å²) in [4.78, 5) is 29.3.